The Hall–Kier alpha value is -0.593. The molecule has 1 heterocycles. The van der Waals surface area contributed by atoms with Crippen LogP contribution < -0.4 is 5.73 Å². The molecule has 23 heavy (non-hydrogen) atoms. The minimum absolute atomic E-state index is 0.0819. The fraction of sp³-hybridized carbons (Fsp3) is 0.941. The molecule has 0 saturated carbocycles. The smallest absolute Gasteiger partial charge is 0.410 e. The number of carbonyl (C=O) groups is 1. The van der Waals surface area contributed by atoms with Gasteiger partial charge in [0.05, 0.1) is 0 Å². The Kier molecular flexibility index (Phi) is 6.32. The van der Waals surface area contributed by atoms with Gasteiger partial charge < -0.3 is 19.8 Å². The maximum absolute atomic E-state index is 12.3. The van der Waals surface area contributed by atoms with E-state index in [1.54, 1.807) is 4.90 Å². The minimum Gasteiger partial charge on any atom is -0.444 e. The molecule has 2 atom stereocenters. The molecule has 0 aromatic rings. The predicted octanol–water partition coefficient (Wildman–Crippen LogP) is 3.59. The van der Waals surface area contributed by atoms with Crippen LogP contribution in [0.3, 0.4) is 0 Å². The summed E-state index contributed by atoms with van der Waals surface area (Å²) in [5.41, 5.74) is 5.80. The molecular formula is C17H36N2O3Si. The Balaban J connectivity index is 2.63. The monoisotopic (exact) mass is 344 g/mol. The molecule has 1 amide bonds. The van der Waals surface area contributed by atoms with E-state index in [0.717, 1.165) is 6.42 Å². The lowest BCUT2D eigenvalue weighted by Gasteiger charge is -2.41. The van der Waals surface area contributed by atoms with Crippen molar-refractivity contribution in [3.63, 3.8) is 0 Å². The Bertz CT molecular complexity index is 413. The summed E-state index contributed by atoms with van der Waals surface area (Å²) >= 11 is 0. The van der Waals surface area contributed by atoms with E-state index >= 15 is 0 Å². The van der Waals surface area contributed by atoms with Crippen LogP contribution in [0.5, 0.6) is 0 Å². The molecule has 0 aliphatic carbocycles. The third-order valence-corrected chi connectivity index (χ3v) is 9.41. The highest BCUT2D eigenvalue weighted by Crippen LogP contribution is 2.37. The molecule has 0 radical (unpaired) electrons. The fourth-order valence-corrected chi connectivity index (χ4v) is 3.31. The van der Waals surface area contributed by atoms with E-state index in [0.29, 0.717) is 19.7 Å². The van der Waals surface area contributed by atoms with Crippen LogP contribution >= 0.6 is 0 Å². The molecule has 1 aliphatic heterocycles. The van der Waals surface area contributed by atoms with Gasteiger partial charge in [-0.3, -0.25) is 0 Å². The first-order valence-electron chi connectivity index (χ1n) is 8.60. The number of carbonyl (C=O) groups excluding carboxylic acids is 1. The minimum atomic E-state index is -1.80. The molecule has 136 valence electrons. The van der Waals surface area contributed by atoms with E-state index in [4.69, 9.17) is 14.9 Å². The Morgan fingerprint density at radius 1 is 1.22 bits per heavy atom. The van der Waals surface area contributed by atoms with Crippen LogP contribution in [0, 0.1) is 5.92 Å². The zero-order valence-electron chi connectivity index (χ0n) is 16.2. The molecule has 1 saturated heterocycles. The summed E-state index contributed by atoms with van der Waals surface area (Å²) < 4.78 is 11.8. The molecule has 2 N–H and O–H groups in total. The van der Waals surface area contributed by atoms with Gasteiger partial charge in [0.15, 0.2) is 8.32 Å². The molecule has 1 aliphatic rings. The largest absolute Gasteiger partial charge is 0.444 e. The van der Waals surface area contributed by atoms with Crippen molar-refractivity contribution in [3.8, 4) is 0 Å². The number of nitrogens with zero attached hydrogens (tertiary/aromatic N) is 1. The van der Waals surface area contributed by atoms with E-state index in [2.05, 4.69) is 33.9 Å². The molecule has 6 heteroatoms. The third kappa shape index (κ3) is 6.08. The van der Waals surface area contributed by atoms with Crippen molar-refractivity contribution in [2.75, 3.05) is 19.7 Å². The van der Waals surface area contributed by atoms with Crippen LogP contribution in [0.25, 0.3) is 0 Å². The van der Waals surface area contributed by atoms with Crippen molar-refractivity contribution in [1.29, 1.82) is 0 Å². The molecule has 0 spiro atoms. The van der Waals surface area contributed by atoms with Crippen LogP contribution in [-0.4, -0.2) is 50.6 Å². The standard InChI is InChI=1S/C17H36N2O3Si/c1-16(2,3)22-15(20)19-10-9-14(18)13(11-19)12-21-23(7,8)17(4,5)6/h13-14H,9-12,18H2,1-8H3/t13-,14-/m1/s1. The first kappa shape index (κ1) is 20.5. The maximum Gasteiger partial charge on any atom is 0.410 e. The van der Waals surface area contributed by atoms with Gasteiger partial charge in [-0.05, 0) is 45.3 Å². The van der Waals surface area contributed by atoms with Crippen molar-refractivity contribution in [3.05, 3.63) is 0 Å². The van der Waals surface area contributed by atoms with Crippen molar-refractivity contribution in [2.45, 2.75) is 77.7 Å². The van der Waals surface area contributed by atoms with Gasteiger partial charge in [0.1, 0.15) is 5.60 Å². The number of amides is 1. The highest BCUT2D eigenvalue weighted by molar-refractivity contribution is 6.74. The summed E-state index contributed by atoms with van der Waals surface area (Å²) in [6, 6.07) is 0.0819. The van der Waals surface area contributed by atoms with Gasteiger partial charge in [0.2, 0.25) is 0 Å². The summed E-state index contributed by atoms with van der Waals surface area (Å²) in [7, 11) is -1.80. The summed E-state index contributed by atoms with van der Waals surface area (Å²) in [6.07, 6.45) is 0.548. The summed E-state index contributed by atoms with van der Waals surface area (Å²) in [4.78, 5) is 14.0. The first-order valence-corrected chi connectivity index (χ1v) is 11.5. The average molecular weight is 345 g/mol. The summed E-state index contributed by atoms with van der Waals surface area (Å²) in [5, 5.41) is 0.177. The number of nitrogens with two attached hydrogens (primary N) is 1. The zero-order valence-corrected chi connectivity index (χ0v) is 17.2. The Labute approximate surface area is 143 Å². The molecule has 0 unspecified atom stereocenters. The zero-order chi connectivity index (χ0) is 18.1. The van der Waals surface area contributed by atoms with Crippen LogP contribution in [-0.2, 0) is 9.16 Å². The van der Waals surface area contributed by atoms with Gasteiger partial charge in [-0.25, -0.2) is 4.79 Å². The lowest BCUT2D eigenvalue weighted by Crippen LogP contribution is -2.53. The van der Waals surface area contributed by atoms with E-state index in [1.807, 2.05) is 20.8 Å². The number of rotatable bonds is 3. The van der Waals surface area contributed by atoms with Crippen molar-refractivity contribution in [1.82, 2.24) is 4.90 Å². The Morgan fingerprint density at radius 2 is 1.78 bits per heavy atom. The first-order chi connectivity index (χ1) is 10.2. The van der Waals surface area contributed by atoms with Crippen LogP contribution in [0.1, 0.15) is 48.0 Å². The SMILES string of the molecule is CC(C)(C)OC(=O)N1CC[C@@H](N)[C@@H](CO[Si](C)(C)C(C)(C)C)C1. The number of hydrogen-bond donors (Lipinski definition) is 1. The van der Waals surface area contributed by atoms with Crippen molar-refractivity contribution >= 4 is 14.4 Å². The van der Waals surface area contributed by atoms with Gasteiger partial charge in [0.25, 0.3) is 0 Å². The van der Waals surface area contributed by atoms with E-state index < -0.39 is 13.9 Å². The van der Waals surface area contributed by atoms with Gasteiger partial charge >= 0.3 is 6.09 Å². The second kappa shape index (κ2) is 7.11. The molecule has 1 fully saturated rings. The predicted molar refractivity (Wildman–Crippen MR) is 97.0 cm³/mol. The maximum atomic E-state index is 12.3. The third-order valence-electron chi connectivity index (χ3n) is 4.91. The van der Waals surface area contributed by atoms with E-state index in [-0.39, 0.29) is 23.1 Å². The number of likely N-dealkylation sites (tertiary alicyclic amines) is 1. The van der Waals surface area contributed by atoms with Crippen LogP contribution in [0.2, 0.25) is 18.1 Å². The summed E-state index contributed by atoms with van der Waals surface area (Å²) in [5.74, 6) is 0.172. The number of hydrogen-bond acceptors (Lipinski definition) is 4. The fourth-order valence-electron chi connectivity index (χ4n) is 2.25. The van der Waals surface area contributed by atoms with Gasteiger partial charge in [0, 0.05) is 31.7 Å². The normalized spacial score (nSPS) is 23.8. The lowest BCUT2D eigenvalue weighted by molar-refractivity contribution is 0.0111. The van der Waals surface area contributed by atoms with Crippen molar-refractivity contribution in [2.24, 2.45) is 11.7 Å². The number of piperidine rings is 1. The lowest BCUT2D eigenvalue weighted by atomic mass is 9.94. The van der Waals surface area contributed by atoms with Gasteiger partial charge in [-0.2, -0.15) is 0 Å². The highest BCUT2D eigenvalue weighted by atomic mass is 28.4. The second-order valence-electron chi connectivity index (χ2n) is 9.21. The molecule has 0 aromatic heterocycles. The van der Waals surface area contributed by atoms with Crippen molar-refractivity contribution < 1.29 is 14.0 Å². The van der Waals surface area contributed by atoms with E-state index in [9.17, 15) is 4.79 Å². The summed E-state index contributed by atoms with van der Waals surface area (Å²) in [6.45, 7) is 18.7. The van der Waals surface area contributed by atoms with Crippen LogP contribution in [0.4, 0.5) is 4.79 Å². The molecular weight excluding hydrogens is 308 g/mol. The molecule has 5 nitrogen and oxygen atoms in total. The topological polar surface area (TPSA) is 64.8 Å². The quantitative estimate of drug-likeness (QED) is 0.795. The Morgan fingerprint density at radius 3 is 2.26 bits per heavy atom. The molecule has 1 rings (SSSR count). The highest BCUT2D eigenvalue weighted by Gasteiger charge is 2.39. The molecule has 0 bridgehead atoms. The average Bonchev–Trinajstić information content (AvgIpc) is 2.34. The van der Waals surface area contributed by atoms with Gasteiger partial charge in [-0.15, -0.1) is 0 Å². The van der Waals surface area contributed by atoms with E-state index in [1.165, 1.54) is 0 Å². The number of ether oxygens (including phenoxy) is 1. The van der Waals surface area contributed by atoms with Gasteiger partial charge in [-0.1, -0.05) is 20.8 Å². The molecule has 0 aromatic carbocycles. The second-order valence-corrected chi connectivity index (χ2v) is 14.0. The van der Waals surface area contributed by atoms with Crippen LogP contribution in [0.15, 0.2) is 0 Å².